The molecular weight excluding hydrogens is 166 g/mol. The Kier molecular flexibility index (Phi) is 1.19. The van der Waals surface area contributed by atoms with Gasteiger partial charge in [0, 0.05) is 0 Å². The van der Waals surface area contributed by atoms with Gasteiger partial charge in [-0.15, -0.1) is 11.3 Å². The van der Waals surface area contributed by atoms with E-state index in [1.165, 1.54) is 11.3 Å². The number of hydrogen-bond acceptors (Lipinski definition) is 4. The first-order valence-corrected chi connectivity index (χ1v) is 3.73. The predicted octanol–water partition coefficient (Wildman–Crippen LogP) is 1.59. The number of nitrogens with zero attached hydrogens (tertiary/aromatic N) is 1. The van der Waals surface area contributed by atoms with Crippen molar-refractivity contribution in [3.63, 3.8) is 0 Å². The highest BCUT2D eigenvalue weighted by atomic mass is 32.1. The molecule has 56 valence electrons. The summed E-state index contributed by atoms with van der Waals surface area (Å²) < 4.78 is 4.58. The largest absolute Gasteiger partial charge is 0.475 e. The molecule has 11 heavy (non-hydrogen) atoms. The van der Waals surface area contributed by atoms with Crippen molar-refractivity contribution >= 4 is 27.5 Å². The van der Waals surface area contributed by atoms with Crippen LogP contribution in [0.25, 0.3) is 10.2 Å². The molecule has 0 aromatic carbocycles. The van der Waals surface area contributed by atoms with E-state index in [-0.39, 0.29) is 5.76 Å². The van der Waals surface area contributed by atoms with Crippen molar-refractivity contribution in [3.8, 4) is 0 Å². The number of thiophene rings is 1. The summed E-state index contributed by atoms with van der Waals surface area (Å²) in [6.07, 6.45) is 0. The maximum Gasteiger partial charge on any atom is 0.375 e. The fourth-order valence-electron chi connectivity index (χ4n) is 0.835. The molecule has 0 spiro atoms. The minimum atomic E-state index is -1.08. The number of carboxylic acids is 1. The highest BCUT2D eigenvalue weighted by Crippen LogP contribution is 2.22. The molecule has 0 aliphatic heterocycles. The van der Waals surface area contributed by atoms with Gasteiger partial charge in [-0.1, -0.05) is 5.16 Å². The molecule has 0 aliphatic rings. The molecule has 0 radical (unpaired) electrons. The molecule has 5 heteroatoms. The number of hydrogen-bond donors (Lipinski definition) is 1. The summed E-state index contributed by atoms with van der Waals surface area (Å²) in [6, 6.07) is 1.68. The molecule has 2 heterocycles. The molecule has 2 aromatic rings. The van der Waals surface area contributed by atoms with Crippen LogP contribution in [-0.2, 0) is 0 Å². The lowest BCUT2D eigenvalue weighted by Gasteiger charge is -1.80. The van der Waals surface area contributed by atoms with E-state index in [1.54, 1.807) is 11.4 Å². The van der Waals surface area contributed by atoms with Gasteiger partial charge in [0.05, 0.1) is 5.39 Å². The highest BCUT2D eigenvalue weighted by Gasteiger charge is 2.15. The topological polar surface area (TPSA) is 63.3 Å². The van der Waals surface area contributed by atoms with E-state index in [9.17, 15) is 4.79 Å². The smallest absolute Gasteiger partial charge is 0.375 e. The molecule has 2 aromatic heterocycles. The molecule has 0 bridgehead atoms. The van der Waals surface area contributed by atoms with Crippen molar-refractivity contribution in [2.75, 3.05) is 0 Å². The summed E-state index contributed by atoms with van der Waals surface area (Å²) in [5, 5.41) is 14.5. The van der Waals surface area contributed by atoms with Crippen molar-refractivity contribution in [1.82, 2.24) is 5.16 Å². The third kappa shape index (κ3) is 0.813. The van der Waals surface area contributed by atoms with Gasteiger partial charge >= 0.3 is 5.97 Å². The molecule has 0 aliphatic carbocycles. The Morgan fingerprint density at radius 2 is 2.55 bits per heavy atom. The number of fused-ring (bicyclic) bond motifs is 1. The van der Waals surface area contributed by atoms with Crippen molar-refractivity contribution in [2.45, 2.75) is 0 Å². The van der Waals surface area contributed by atoms with Crippen LogP contribution in [0.2, 0.25) is 0 Å². The predicted molar refractivity (Wildman–Crippen MR) is 38.8 cm³/mol. The average molecular weight is 169 g/mol. The van der Waals surface area contributed by atoms with Crippen molar-refractivity contribution in [3.05, 3.63) is 17.2 Å². The number of carboxylic acid groups (broad SMARTS) is 1. The first-order chi connectivity index (χ1) is 5.29. The third-order valence-corrected chi connectivity index (χ3v) is 2.09. The van der Waals surface area contributed by atoms with Crippen LogP contribution in [0.4, 0.5) is 0 Å². The maximum absolute atomic E-state index is 10.4. The monoisotopic (exact) mass is 169 g/mol. The molecule has 2 rings (SSSR count). The number of rotatable bonds is 1. The maximum atomic E-state index is 10.4. The highest BCUT2D eigenvalue weighted by molar-refractivity contribution is 7.16. The lowest BCUT2D eigenvalue weighted by molar-refractivity contribution is 0.0655. The quantitative estimate of drug-likeness (QED) is 0.704. The second kappa shape index (κ2) is 2.06. The van der Waals surface area contributed by atoms with Gasteiger partial charge in [-0.3, -0.25) is 0 Å². The van der Waals surface area contributed by atoms with Gasteiger partial charge in [0.2, 0.25) is 0 Å². The van der Waals surface area contributed by atoms with E-state index in [1.807, 2.05) is 0 Å². The van der Waals surface area contributed by atoms with E-state index in [2.05, 4.69) is 9.68 Å². The van der Waals surface area contributed by atoms with Gasteiger partial charge in [-0.25, -0.2) is 4.79 Å². The Balaban J connectivity index is 2.78. The fourth-order valence-corrected chi connectivity index (χ4v) is 1.54. The Hall–Kier alpha value is -1.36. The van der Waals surface area contributed by atoms with Crippen LogP contribution in [0.3, 0.4) is 0 Å². The van der Waals surface area contributed by atoms with Crippen LogP contribution in [0, 0.1) is 0 Å². The van der Waals surface area contributed by atoms with Gasteiger partial charge in [-0.05, 0) is 11.4 Å². The third-order valence-electron chi connectivity index (χ3n) is 1.30. The molecule has 0 atom stereocenters. The molecular formula is C6H3NO3S. The van der Waals surface area contributed by atoms with Crippen LogP contribution < -0.4 is 0 Å². The zero-order chi connectivity index (χ0) is 7.84. The summed E-state index contributed by atoms with van der Waals surface area (Å²) in [4.78, 5) is 11.1. The van der Waals surface area contributed by atoms with Crippen LogP contribution in [0.1, 0.15) is 10.6 Å². The average Bonchev–Trinajstić information content (AvgIpc) is 2.41. The van der Waals surface area contributed by atoms with Crippen LogP contribution >= 0.6 is 11.3 Å². The van der Waals surface area contributed by atoms with Gasteiger partial charge < -0.3 is 9.63 Å². The minimum absolute atomic E-state index is 0.0822. The SMILES string of the molecule is O=C(O)c1onc2sccc12. The second-order valence-corrected chi connectivity index (χ2v) is 2.85. The van der Waals surface area contributed by atoms with Gasteiger partial charge in [0.25, 0.3) is 5.76 Å². The van der Waals surface area contributed by atoms with E-state index >= 15 is 0 Å². The number of carbonyl (C=O) groups is 1. The van der Waals surface area contributed by atoms with Crippen molar-refractivity contribution in [2.24, 2.45) is 0 Å². The molecule has 0 fully saturated rings. The lowest BCUT2D eigenvalue weighted by Crippen LogP contribution is -1.92. The molecule has 1 N–H and O–H groups in total. The normalized spacial score (nSPS) is 10.5. The van der Waals surface area contributed by atoms with Gasteiger partial charge in [0.1, 0.15) is 0 Å². The zero-order valence-corrected chi connectivity index (χ0v) is 6.09. The van der Waals surface area contributed by atoms with Crippen LogP contribution in [-0.4, -0.2) is 16.2 Å². The van der Waals surface area contributed by atoms with Crippen molar-refractivity contribution in [1.29, 1.82) is 0 Å². The van der Waals surface area contributed by atoms with Crippen molar-refractivity contribution < 1.29 is 14.4 Å². The van der Waals surface area contributed by atoms with Crippen LogP contribution in [0.15, 0.2) is 16.0 Å². The Bertz CT molecular complexity index is 403. The molecule has 4 nitrogen and oxygen atoms in total. The summed E-state index contributed by atoms with van der Waals surface area (Å²) in [5.74, 6) is -1.16. The van der Waals surface area contributed by atoms with Gasteiger partial charge in [0.15, 0.2) is 4.83 Å². The summed E-state index contributed by atoms with van der Waals surface area (Å²) in [7, 11) is 0. The van der Waals surface area contributed by atoms with E-state index in [0.717, 1.165) is 0 Å². The summed E-state index contributed by atoms with van der Waals surface area (Å²) >= 11 is 1.36. The lowest BCUT2D eigenvalue weighted by atomic mass is 10.3. The Morgan fingerprint density at radius 1 is 1.73 bits per heavy atom. The Morgan fingerprint density at radius 3 is 3.27 bits per heavy atom. The molecule has 0 unspecified atom stereocenters. The minimum Gasteiger partial charge on any atom is -0.475 e. The standard InChI is InChI=1S/C6H3NO3S/c8-6(9)4-3-1-2-11-5(3)7-10-4/h1-2H,(H,8,9). The van der Waals surface area contributed by atoms with E-state index in [4.69, 9.17) is 5.11 Å². The second-order valence-electron chi connectivity index (χ2n) is 1.96. The summed E-state index contributed by atoms with van der Waals surface area (Å²) in [5.41, 5.74) is 0. The Labute approximate surface area is 65.0 Å². The van der Waals surface area contributed by atoms with Gasteiger partial charge in [-0.2, -0.15) is 0 Å². The first-order valence-electron chi connectivity index (χ1n) is 2.85. The van der Waals surface area contributed by atoms with E-state index in [0.29, 0.717) is 10.2 Å². The first kappa shape index (κ1) is 6.36. The molecule has 0 saturated heterocycles. The number of aromatic carboxylic acids is 1. The zero-order valence-electron chi connectivity index (χ0n) is 5.27. The summed E-state index contributed by atoms with van der Waals surface area (Å²) in [6.45, 7) is 0. The molecule has 0 saturated carbocycles. The number of aromatic nitrogens is 1. The molecule has 0 amide bonds. The fraction of sp³-hybridized carbons (Fsp3) is 0. The van der Waals surface area contributed by atoms with E-state index < -0.39 is 5.97 Å². The van der Waals surface area contributed by atoms with Crippen LogP contribution in [0.5, 0.6) is 0 Å².